The minimum absolute atomic E-state index is 1.10. The highest BCUT2D eigenvalue weighted by Gasteiger charge is 2.02. The molecule has 3 aromatic rings. The topological polar surface area (TPSA) is 0 Å². The molecule has 0 aliphatic heterocycles. The van der Waals surface area contributed by atoms with Crippen molar-refractivity contribution in [3.05, 3.63) is 88.9 Å². The van der Waals surface area contributed by atoms with Crippen LogP contribution in [0.1, 0.15) is 12.5 Å². The van der Waals surface area contributed by atoms with Gasteiger partial charge in [-0.3, -0.25) is 0 Å². The van der Waals surface area contributed by atoms with E-state index in [-0.39, 0.29) is 0 Å². The molecule has 0 saturated carbocycles. The summed E-state index contributed by atoms with van der Waals surface area (Å²) in [7, 11) is 0. The van der Waals surface area contributed by atoms with Crippen LogP contribution in [0.5, 0.6) is 0 Å². The summed E-state index contributed by atoms with van der Waals surface area (Å²) in [6.45, 7) is 2.04. The maximum Gasteiger partial charge on any atom is 0.0181 e. The van der Waals surface area contributed by atoms with E-state index in [2.05, 4.69) is 94.8 Å². The van der Waals surface area contributed by atoms with E-state index < -0.39 is 0 Å². The Bertz CT molecular complexity index is 815. The molecule has 0 amide bonds. The molecule has 0 aliphatic carbocycles. The van der Waals surface area contributed by atoms with Gasteiger partial charge in [-0.2, -0.15) is 0 Å². The third-order valence-corrected chi connectivity index (χ3v) is 4.09. The fraction of sp³-hybridized carbons (Fsp3) is 0.0476. The van der Waals surface area contributed by atoms with Crippen LogP contribution in [-0.4, -0.2) is 0 Å². The summed E-state index contributed by atoms with van der Waals surface area (Å²) in [6, 6.07) is 25.7. The number of rotatable bonds is 3. The number of hydrogen-bond donors (Lipinski definition) is 0. The second kappa shape index (κ2) is 6.76. The predicted octanol–water partition coefficient (Wildman–Crippen LogP) is 6.82. The summed E-state index contributed by atoms with van der Waals surface area (Å²) in [5, 5.41) is 0. The smallest absolute Gasteiger partial charge is 0.0181 e. The van der Waals surface area contributed by atoms with Crippen LogP contribution in [0.3, 0.4) is 0 Å². The van der Waals surface area contributed by atoms with Gasteiger partial charge >= 0.3 is 0 Å². The Hall–Kier alpha value is -2.12. The first-order valence-corrected chi connectivity index (χ1v) is 8.15. The van der Waals surface area contributed by atoms with Gasteiger partial charge in [0, 0.05) is 4.47 Å². The van der Waals surface area contributed by atoms with Crippen molar-refractivity contribution in [2.45, 2.75) is 6.92 Å². The van der Waals surface area contributed by atoms with Gasteiger partial charge in [-0.25, -0.2) is 0 Å². The minimum Gasteiger partial charge on any atom is -0.0871 e. The van der Waals surface area contributed by atoms with E-state index in [1.165, 1.54) is 27.8 Å². The van der Waals surface area contributed by atoms with Crippen molar-refractivity contribution < 1.29 is 0 Å². The third kappa shape index (κ3) is 3.37. The van der Waals surface area contributed by atoms with Gasteiger partial charge in [0.25, 0.3) is 0 Å². The zero-order valence-electron chi connectivity index (χ0n) is 12.5. The van der Waals surface area contributed by atoms with E-state index in [9.17, 15) is 0 Å². The number of halogens is 1. The molecule has 3 aromatic carbocycles. The molecule has 22 heavy (non-hydrogen) atoms. The van der Waals surface area contributed by atoms with Crippen molar-refractivity contribution in [1.82, 2.24) is 0 Å². The minimum atomic E-state index is 1.10. The predicted molar refractivity (Wildman–Crippen MR) is 99.7 cm³/mol. The van der Waals surface area contributed by atoms with Gasteiger partial charge in [0.15, 0.2) is 0 Å². The van der Waals surface area contributed by atoms with Gasteiger partial charge in [0.2, 0.25) is 0 Å². The second-order valence-electron chi connectivity index (χ2n) is 5.22. The van der Waals surface area contributed by atoms with Gasteiger partial charge in [0.05, 0.1) is 0 Å². The maximum absolute atomic E-state index is 3.54. The van der Waals surface area contributed by atoms with E-state index in [1.54, 1.807) is 0 Å². The lowest BCUT2D eigenvalue weighted by atomic mass is 9.98. The van der Waals surface area contributed by atoms with Crippen LogP contribution in [0.25, 0.3) is 28.3 Å². The lowest BCUT2D eigenvalue weighted by Gasteiger charge is -2.07. The maximum atomic E-state index is 3.54. The van der Waals surface area contributed by atoms with E-state index in [1.807, 2.05) is 13.0 Å². The molecule has 3 rings (SSSR count). The molecule has 0 spiro atoms. The fourth-order valence-corrected chi connectivity index (χ4v) is 2.96. The molecule has 108 valence electrons. The first-order chi connectivity index (χ1) is 10.8. The molecular weight excluding hydrogens is 332 g/mol. The van der Waals surface area contributed by atoms with E-state index >= 15 is 0 Å². The first-order valence-electron chi connectivity index (χ1n) is 7.35. The van der Waals surface area contributed by atoms with Crippen molar-refractivity contribution in [3.63, 3.8) is 0 Å². The van der Waals surface area contributed by atoms with Crippen molar-refractivity contribution in [1.29, 1.82) is 0 Å². The molecular formula is C21H17Br. The van der Waals surface area contributed by atoms with Gasteiger partial charge < -0.3 is 0 Å². The first kappa shape index (κ1) is 14.8. The number of hydrogen-bond acceptors (Lipinski definition) is 0. The van der Waals surface area contributed by atoms with Gasteiger partial charge in [0.1, 0.15) is 0 Å². The van der Waals surface area contributed by atoms with Crippen LogP contribution < -0.4 is 0 Å². The summed E-state index contributed by atoms with van der Waals surface area (Å²) >= 11 is 3.54. The van der Waals surface area contributed by atoms with E-state index in [0.717, 1.165) is 4.47 Å². The van der Waals surface area contributed by atoms with Gasteiger partial charge in [-0.15, -0.1) is 0 Å². The fourth-order valence-electron chi connectivity index (χ4n) is 2.56. The Balaban J connectivity index is 2.03. The largest absolute Gasteiger partial charge is 0.0871 e. The number of allylic oxidation sites excluding steroid dienone is 1. The molecule has 0 fully saturated rings. The van der Waals surface area contributed by atoms with Crippen LogP contribution in [-0.2, 0) is 0 Å². The molecule has 0 N–H and O–H groups in total. The third-order valence-electron chi connectivity index (χ3n) is 3.60. The highest BCUT2D eigenvalue weighted by molar-refractivity contribution is 9.10. The summed E-state index contributed by atoms with van der Waals surface area (Å²) < 4.78 is 1.10. The van der Waals surface area contributed by atoms with E-state index in [0.29, 0.717) is 0 Å². The van der Waals surface area contributed by atoms with Crippen molar-refractivity contribution in [3.8, 4) is 22.3 Å². The highest BCUT2D eigenvalue weighted by atomic mass is 79.9. The molecule has 0 saturated heterocycles. The van der Waals surface area contributed by atoms with Crippen LogP contribution in [0.2, 0.25) is 0 Å². The van der Waals surface area contributed by atoms with Gasteiger partial charge in [-0.1, -0.05) is 76.6 Å². The lowest BCUT2D eigenvalue weighted by molar-refractivity contribution is 1.56. The average Bonchev–Trinajstić information content (AvgIpc) is 2.56. The summed E-state index contributed by atoms with van der Waals surface area (Å²) in [4.78, 5) is 0. The van der Waals surface area contributed by atoms with Gasteiger partial charge in [-0.05, 0) is 59.0 Å². The molecule has 0 unspecified atom stereocenters. The second-order valence-corrected chi connectivity index (χ2v) is 6.13. The van der Waals surface area contributed by atoms with Crippen LogP contribution >= 0.6 is 15.9 Å². The number of benzene rings is 3. The molecule has 0 atom stereocenters. The zero-order chi connectivity index (χ0) is 15.4. The summed E-state index contributed by atoms with van der Waals surface area (Å²) in [5.41, 5.74) is 6.17. The zero-order valence-corrected chi connectivity index (χ0v) is 14.0. The average molecular weight is 349 g/mol. The van der Waals surface area contributed by atoms with Crippen LogP contribution in [0.15, 0.2) is 83.3 Å². The monoisotopic (exact) mass is 348 g/mol. The highest BCUT2D eigenvalue weighted by Crippen LogP contribution is 2.28. The molecule has 1 heteroatoms. The lowest BCUT2D eigenvalue weighted by Crippen LogP contribution is -1.82. The normalized spacial score (nSPS) is 11.0. The Morgan fingerprint density at radius 1 is 0.682 bits per heavy atom. The summed E-state index contributed by atoms with van der Waals surface area (Å²) in [5.74, 6) is 0. The standard InChI is InChI=1S/C21H17Br/c1-2-6-16-7-3-8-17(13-16)18-9-4-10-19(14-18)20-11-5-12-21(22)15-20/h2-15H,1H3/b6-2-. The van der Waals surface area contributed by atoms with Crippen molar-refractivity contribution >= 4 is 22.0 Å². The Morgan fingerprint density at radius 3 is 1.86 bits per heavy atom. The molecule has 0 aliphatic rings. The van der Waals surface area contributed by atoms with Crippen LogP contribution in [0.4, 0.5) is 0 Å². The SMILES string of the molecule is C/C=C\c1cccc(-c2cccc(-c3cccc(Br)c3)c2)c1. The van der Waals surface area contributed by atoms with E-state index in [4.69, 9.17) is 0 Å². The molecule has 0 radical (unpaired) electrons. The molecule has 0 nitrogen and oxygen atoms in total. The van der Waals surface area contributed by atoms with Crippen molar-refractivity contribution in [2.75, 3.05) is 0 Å². The molecule has 0 aromatic heterocycles. The quantitative estimate of drug-likeness (QED) is 0.487. The Labute approximate surface area is 140 Å². The van der Waals surface area contributed by atoms with Crippen LogP contribution in [0, 0.1) is 0 Å². The summed E-state index contributed by atoms with van der Waals surface area (Å²) in [6.07, 6.45) is 4.19. The Morgan fingerprint density at radius 2 is 1.23 bits per heavy atom. The Kier molecular flexibility index (Phi) is 4.55. The molecule has 0 heterocycles. The molecule has 0 bridgehead atoms. The van der Waals surface area contributed by atoms with Crippen molar-refractivity contribution in [2.24, 2.45) is 0 Å².